The lowest BCUT2D eigenvalue weighted by Crippen LogP contribution is -2.17. The number of hydrazone groups is 1. The van der Waals surface area contributed by atoms with Crippen LogP contribution in [0, 0.1) is 5.92 Å². The van der Waals surface area contributed by atoms with Crippen LogP contribution in [0.2, 0.25) is 0 Å². The van der Waals surface area contributed by atoms with E-state index < -0.39 is 0 Å². The van der Waals surface area contributed by atoms with Gasteiger partial charge in [-0.25, -0.2) is 5.43 Å². The van der Waals surface area contributed by atoms with Crippen molar-refractivity contribution in [1.82, 2.24) is 5.43 Å². The van der Waals surface area contributed by atoms with E-state index in [4.69, 9.17) is 9.47 Å². The summed E-state index contributed by atoms with van der Waals surface area (Å²) >= 11 is 0. The average molecular weight is 340 g/mol. The van der Waals surface area contributed by atoms with Crippen molar-refractivity contribution < 1.29 is 14.3 Å². The lowest BCUT2D eigenvalue weighted by Gasteiger charge is -2.12. The van der Waals surface area contributed by atoms with E-state index in [1.807, 2.05) is 30.3 Å². The molecule has 0 bridgehead atoms. The second-order valence-corrected chi connectivity index (χ2v) is 6.01. The first-order chi connectivity index (χ1) is 12.1. The standard InChI is InChI=1S/C20H24N2O3/c1-15(2)11-12-25-18-10-9-17(13-19(18)24-3)20(23)22-21-14-16-7-5-4-6-8-16/h4-10,13-15H,11-12H2,1-3H3,(H,22,23)/b21-14+. The third-order valence-corrected chi connectivity index (χ3v) is 3.56. The Morgan fingerprint density at radius 1 is 1.16 bits per heavy atom. The molecule has 0 saturated heterocycles. The zero-order valence-electron chi connectivity index (χ0n) is 14.9. The molecular formula is C20H24N2O3. The lowest BCUT2D eigenvalue weighted by molar-refractivity contribution is 0.0954. The number of ether oxygens (including phenoxy) is 2. The van der Waals surface area contributed by atoms with Gasteiger partial charge in [0.15, 0.2) is 11.5 Å². The molecule has 0 fully saturated rings. The second-order valence-electron chi connectivity index (χ2n) is 6.01. The molecule has 2 rings (SSSR count). The quantitative estimate of drug-likeness (QED) is 0.586. The molecule has 0 saturated carbocycles. The van der Waals surface area contributed by atoms with Crippen LogP contribution in [-0.4, -0.2) is 25.8 Å². The molecule has 0 aliphatic carbocycles. The SMILES string of the molecule is COc1cc(C(=O)N/N=C/c2ccccc2)ccc1OCCC(C)C. The van der Waals surface area contributed by atoms with E-state index in [1.54, 1.807) is 31.5 Å². The van der Waals surface area contributed by atoms with Crippen molar-refractivity contribution in [1.29, 1.82) is 0 Å². The van der Waals surface area contributed by atoms with Gasteiger partial charge in [-0.15, -0.1) is 0 Å². The highest BCUT2D eigenvalue weighted by Crippen LogP contribution is 2.28. The predicted molar refractivity (Wildman–Crippen MR) is 99.4 cm³/mol. The minimum atomic E-state index is -0.306. The van der Waals surface area contributed by atoms with Crippen LogP contribution in [0.15, 0.2) is 53.6 Å². The van der Waals surface area contributed by atoms with E-state index in [0.717, 1.165) is 12.0 Å². The Morgan fingerprint density at radius 3 is 2.60 bits per heavy atom. The molecule has 2 aromatic carbocycles. The number of nitrogens with one attached hydrogen (secondary N) is 1. The molecule has 0 radical (unpaired) electrons. The van der Waals surface area contributed by atoms with Gasteiger partial charge in [0, 0.05) is 5.56 Å². The van der Waals surface area contributed by atoms with Crippen molar-refractivity contribution >= 4 is 12.1 Å². The van der Waals surface area contributed by atoms with Gasteiger partial charge in [0.1, 0.15) is 0 Å². The van der Waals surface area contributed by atoms with Crippen LogP contribution in [0.3, 0.4) is 0 Å². The maximum atomic E-state index is 12.2. The molecule has 25 heavy (non-hydrogen) atoms. The van der Waals surface area contributed by atoms with Crippen LogP contribution in [0.5, 0.6) is 11.5 Å². The molecule has 0 aliphatic rings. The molecule has 0 unspecified atom stereocenters. The molecule has 0 spiro atoms. The first-order valence-electron chi connectivity index (χ1n) is 8.29. The van der Waals surface area contributed by atoms with E-state index >= 15 is 0 Å². The maximum absolute atomic E-state index is 12.2. The summed E-state index contributed by atoms with van der Waals surface area (Å²) in [6, 6.07) is 14.6. The van der Waals surface area contributed by atoms with Crippen molar-refractivity contribution in [2.24, 2.45) is 11.0 Å². The van der Waals surface area contributed by atoms with Gasteiger partial charge in [0.2, 0.25) is 0 Å². The topological polar surface area (TPSA) is 59.9 Å². The number of hydrogen-bond donors (Lipinski definition) is 1. The van der Waals surface area contributed by atoms with Gasteiger partial charge in [-0.1, -0.05) is 44.2 Å². The van der Waals surface area contributed by atoms with E-state index in [0.29, 0.717) is 29.6 Å². The van der Waals surface area contributed by atoms with E-state index in [1.165, 1.54) is 0 Å². The molecule has 0 heterocycles. The molecule has 5 nitrogen and oxygen atoms in total. The van der Waals surface area contributed by atoms with Gasteiger partial charge in [0.25, 0.3) is 5.91 Å². The summed E-state index contributed by atoms with van der Waals surface area (Å²) in [6.45, 7) is 4.90. The highest BCUT2D eigenvalue weighted by molar-refractivity contribution is 5.95. The van der Waals surface area contributed by atoms with Gasteiger partial charge in [-0.3, -0.25) is 4.79 Å². The first kappa shape index (κ1) is 18.5. The zero-order chi connectivity index (χ0) is 18.1. The fraction of sp³-hybridized carbons (Fsp3) is 0.300. The fourth-order valence-electron chi connectivity index (χ4n) is 2.10. The number of methoxy groups -OCH3 is 1. The Balaban J connectivity index is 1.98. The molecule has 0 aromatic heterocycles. The number of amides is 1. The van der Waals surface area contributed by atoms with Crippen LogP contribution in [-0.2, 0) is 0 Å². The number of carbonyl (C=O) groups excluding carboxylic acids is 1. The van der Waals surface area contributed by atoms with Crippen LogP contribution < -0.4 is 14.9 Å². The number of nitrogens with zero attached hydrogens (tertiary/aromatic N) is 1. The molecule has 0 aliphatic heterocycles. The Hall–Kier alpha value is -2.82. The molecule has 1 N–H and O–H groups in total. The van der Waals surface area contributed by atoms with E-state index in [9.17, 15) is 4.79 Å². The number of carbonyl (C=O) groups is 1. The second kappa shape index (κ2) is 9.47. The van der Waals surface area contributed by atoms with Crippen molar-refractivity contribution in [2.45, 2.75) is 20.3 Å². The number of benzene rings is 2. The maximum Gasteiger partial charge on any atom is 0.271 e. The van der Waals surface area contributed by atoms with Gasteiger partial charge in [-0.2, -0.15) is 5.10 Å². The average Bonchev–Trinajstić information content (AvgIpc) is 2.62. The zero-order valence-corrected chi connectivity index (χ0v) is 14.9. The monoisotopic (exact) mass is 340 g/mol. The van der Waals surface area contributed by atoms with Crippen LogP contribution >= 0.6 is 0 Å². The van der Waals surface area contributed by atoms with Crippen LogP contribution in [0.1, 0.15) is 36.2 Å². The summed E-state index contributed by atoms with van der Waals surface area (Å²) < 4.78 is 11.1. The van der Waals surface area contributed by atoms with Gasteiger partial charge in [-0.05, 0) is 36.1 Å². The Labute approximate surface area is 148 Å². The summed E-state index contributed by atoms with van der Waals surface area (Å²) in [5.74, 6) is 1.42. The molecule has 1 amide bonds. The highest BCUT2D eigenvalue weighted by Gasteiger charge is 2.11. The Kier molecular flexibility index (Phi) is 7.01. The van der Waals surface area contributed by atoms with Crippen molar-refractivity contribution in [3.8, 4) is 11.5 Å². The summed E-state index contributed by atoms with van der Waals surface area (Å²) in [7, 11) is 1.56. The van der Waals surface area contributed by atoms with Crippen molar-refractivity contribution in [3.05, 3.63) is 59.7 Å². The smallest absolute Gasteiger partial charge is 0.271 e. The molecule has 2 aromatic rings. The minimum absolute atomic E-state index is 0.306. The lowest BCUT2D eigenvalue weighted by atomic mass is 10.1. The normalized spacial score (nSPS) is 10.9. The fourth-order valence-corrected chi connectivity index (χ4v) is 2.10. The molecule has 5 heteroatoms. The van der Waals surface area contributed by atoms with Crippen molar-refractivity contribution in [3.63, 3.8) is 0 Å². The Morgan fingerprint density at radius 2 is 1.92 bits per heavy atom. The molecular weight excluding hydrogens is 316 g/mol. The third-order valence-electron chi connectivity index (χ3n) is 3.56. The number of hydrogen-bond acceptors (Lipinski definition) is 4. The summed E-state index contributed by atoms with van der Waals surface area (Å²) in [5.41, 5.74) is 3.88. The summed E-state index contributed by atoms with van der Waals surface area (Å²) in [5, 5.41) is 3.97. The first-order valence-corrected chi connectivity index (χ1v) is 8.29. The highest BCUT2D eigenvalue weighted by atomic mass is 16.5. The van der Waals surface area contributed by atoms with Crippen molar-refractivity contribution in [2.75, 3.05) is 13.7 Å². The number of rotatable bonds is 8. The summed E-state index contributed by atoms with van der Waals surface area (Å²) in [4.78, 5) is 12.2. The van der Waals surface area contributed by atoms with E-state index in [-0.39, 0.29) is 5.91 Å². The summed E-state index contributed by atoms with van der Waals surface area (Å²) in [6.07, 6.45) is 2.55. The largest absolute Gasteiger partial charge is 0.493 e. The van der Waals surface area contributed by atoms with Crippen LogP contribution in [0.4, 0.5) is 0 Å². The van der Waals surface area contributed by atoms with Gasteiger partial charge < -0.3 is 9.47 Å². The molecule has 132 valence electrons. The van der Waals surface area contributed by atoms with Crippen LogP contribution in [0.25, 0.3) is 0 Å². The van der Waals surface area contributed by atoms with Gasteiger partial charge >= 0.3 is 0 Å². The third kappa shape index (κ3) is 5.95. The predicted octanol–water partition coefficient (Wildman–Crippen LogP) is 3.88. The molecule has 0 atom stereocenters. The Bertz CT molecular complexity index is 712. The van der Waals surface area contributed by atoms with E-state index in [2.05, 4.69) is 24.4 Å². The van der Waals surface area contributed by atoms with Gasteiger partial charge in [0.05, 0.1) is 19.9 Å². The minimum Gasteiger partial charge on any atom is -0.493 e.